The van der Waals surface area contributed by atoms with Crippen LogP contribution in [0, 0.1) is 0 Å². The van der Waals surface area contributed by atoms with E-state index in [1.165, 1.54) is 5.69 Å². The van der Waals surface area contributed by atoms with Crippen LogP contribution in [0.4, 0.5) is 11.4 Å². The van der Waals surface area contributed by atoms with Gasteiger partial charge in [-0.15, -0.1) is 0 Å². The fourth-order valence-electron chi connectivity index (χ4n) is 2.89. The third kappa shape index (κ3) is 5.94. The lowest BCUT2D eigenvalue weighted by atomic mass is 10.2. The Labute approximate surface area is 165 Å². The lowest BCUT2D eigenvalue weighted by molar-refractivity contribution is -0.880. The summed E-state index contributed by atoms with van der Waals surface area (Å²) in [6.45, 7) is 4.35. The molecule has 0 aliphatic carbocycles. The molecule has 0 spiro atoms. The number of nitrogens with zero attached hydrogens (tertiary/aromatic N) is 1. The van der Waals surface area contributed by atoms with Gasteiger partial charge in [0.15, 0.2) is 11.7 Å². The molecule has 6 nitrogen and oxygen atoms in total. The van der Waals surface area contributed by atoms with Gasteiger partial charge in [-0.05, 0) is 48.6 Å². The van der Waals surface area contributed by atoms with Crippen molar-refractivity contribution >= 4 is 34.6 Å². The van der Waals surface area contributed by atoms with E-state index in [4.69, 9.17) is 17.0 Å². The summed E-state index contributed by atoms with van der Waals surface area (Å²) in [7, 11) is 2.23. The summed E-state index contributed by atoms with van der Waals surface area (Å²) >= 11 is 5.20. The molecule has 7 heteroatoms. The first-order chi connectivity index (χ1) is 13.1. The van der Waals surface area contributed by atoms with E-state index in [9.17, 15) is 4.79 Å². The Kier molecular flexibility index (Phi) is 6.62. The molecular weight excluding hydrogens is 360 g/mol. The van der Waals surface area contributed by atoms with Gasteiger partial charge in [-0.1, -0.05) is 18.2 Å². The molecule has 0 radical (unpaired) electrons. The molecular formula is C20H25N4O2S+. The van der Waals surface area contributed by atoms with E-state index in [1.54, 1.807) is 17.0 Å². The number of amides is 1. The van der Waals surface area contributed by atoms with Crippen LogP contribution in [0.2, 0.25) is 0 Å². The van der Waals surface area contributed by atoms with Crippen molar-refractivity contribution in [1.29, 1.82) is 0 Å². The highest BCUT2D eigenvalue weighted by molar-refractivity contribution is 7.80. The number of hydrogen-bond acceptors (Lipinski definition) is 4. The minimum Gasteiger partial charge on any atom is -0.484 e. The summed E-state index contributed by atoms with van der Waals surface area (Å²) in [5, 5.41) is 5.91. The molecule has 2 aromatic rings. The van der Waals surface area contributed by atoms with Gasteiger partial charge in [0.2, 0.25) is 0 Å². The molecule has 3 rings (SSSR count). The fourth-order valence-corrected chi connectivity index (χ4v) is 3.12. The van der Waals surface area contributed by atoms with Crippen LogP contribution in [0.3, 0.4) is 0 Å². The zero-order valence-electron chi connectivity index (χ0n) is 15.4. The minimum atomic E-state index is -0.298. The first kappa shape index (κ1) is 19.1. The zero-order chi connectivity index (χ0) is 19.1. The second kappa shape index (κ2) is 9.34. The maximum absolute atomic E-state index is 11.9. The highest BCUT2D eigenvalue weighted by Gasteiger charge is 2.16. The van der Waals surface area contributed by atoms with Gasteiger partial charge < -0.3 is 19.9 Å². The van der Waals surface area contributed by atoms with Gasteiger partial charge in [0, 0.05) is 11.4 Å². The number of piperazine rings is 1. The van der Waals surface area contributed by atoms with E-state index in [1.807, 2.05) is 30.3 Å². The molecule has 1 heterocycles. The minimum absolute atomic E-state index is 0.0871. The summed E-state index contributed by atoms with van der Waals surface area (Å²) in [6, 6.07) is 17.3. The second-order valence-electron chi connectivity index (χ2n) is 6.60. The van der Waals surface area contributed by atoms with Crippen LogP contribution >= 0.6 is 12.2 Å². The van der Waals surface area contributed by atoms with Gasteiger partial charge in [-0.3, -0.25) is 10.1 Å². The Hall–Kier alpha value is -2.64. The predicted molar refractivity (Wildman–Crippen MR) is 112 cm³/mol. The number of hydrogen-bond donors (Lipinski definition) is 3. The number of ether oxygens (including phenoxy) is 1. The Morgan fingerprint density at radius 1 is 1.11 bits per heavy atom. The Morgan fingerprint density at radius 3 is 2.44 bits per heavy atom. The Bertz CT molecular complexity index is 759. The molecule has 1 amide bonds. The van der Waals surface area contributed by atoms with E-state index < -0.39 is 0 Å². The van der Waals surface area contributed by atoms with Gasteiger partial charge in [0.25, 0.3) is 5.91 Å². The van der Waals surface area contributed by atoms with Crippen LogP contribution in [0.5, 0.6) is 5.75 Å². The molecule has 0 bridgehead atoms. The van der Waals surface area contributed by atoms with Crippen molar-refractivity contribution in [2.45, 2.75) is 0 Å². The van der Waals surface area contributed by atoms with Crippen LogP contribution in [-0.2, 0) is 4.79 Å². The van der Waals surface area contributed by atoms with Crippen molar-refractivity contribution < 1.29 is 14.4 Å². The Morgan fingerprint density at radius 2 is 1.78 bits per heavy atom. The third-order valence-electron chi connectivity index (χ3n) is 4.47. The van der Waals surface area contributed by atoms with Crippen molar-refractivity contribution in [3.63, 3.8) is 0 Å². The van der Waals surface area contributed by atoms with Crippen LogP contribution in [0.15, 0.2) is 54.6 Å². The molecule has 27 heavy (non-hydrogen) atoms. The molecule has 1 saturated heterocycles. The smallest absolute Gasteiger partial charge is 0.264 e. The molecule has 0 atom stereocenters. The zero-order valence-corrected chi connectivity index (χ0v) is 16.2. The summed E-state index contributed by atoms with van der Waals surface area (Å²) < 4.78 is 5.40. The molecule has 1 aliphatic heterocycles. The number of para-hydroxylation sites is 1. The molecule has 3 N–H and O–H groups in total. The van der Waals surface area contributed by atoms with E-state index in [2.05, 4.69) is 34.7 Å². The summed E-state index contributed by atoms with van der Waals surface area (Å²) in [4.78, 5) is 15.9. The number of thiocarbonyl (C=S) groups is 1. The number of carbonyl (C=O) groups is 1. The van der Waals surface area contributed by atoms with E-state index in [0.717, 1.165) is 31.9 Å². The monoisotopic (exact) mass is 385 g/mol. The van der Waals surface area contributed by atoms with Crippen molar-refractivity contribution in [3.8, 4) is 5.75 Å². The highest BCUT2D eigenvalue weighted by Crippen LogP contribution is 2.18. The van der Waals surface area contributed by atoms with E-state index in [0.29, 0.717) is 5.75 Å². The topological polar surface area (TPSA) is 58.0 Å². The SMILES string of the molecule is C[NH+]1CCN(c2ccc(NC(=S)NC(=O)COc3ccccc3)cc2)CC1. The normalized spacial score (nSPS) is 14.5. The lowest BCUT2D eigenvalue weighted by Crippen LogP contribution is -3.12. The number of nitrogens with one attached hydrogen (secondary N) is 3. The quantitative estimate of drug-likeness (QED) is 0.668. The highest BCUT2D eigenvalue weighted by atomic mass is 32.1. The number of benzene rings is 2. The molecule has 1 aliphatic rings. The number of anilines is 2. The molecule has 0 aromatic heterocycles. The van der Waals surface area contributed by atoms with Crippen molar-refractivity contribution in [2.24, 2.45) is 0 Å². The largest absolute Gasteiger partial charge is 0.484 e. The van der Waals surface area contributed by atoms with Crippen LogP contribution in [0.1, 0.15) is 0 Å². The lowest BCUT2D eigenvalue weighted by Gasteiger charge is -2.31. The maximum Gasteiger partial charge on any atom is 0.264 e. The standard InChI is InChI=1S/C20H24N4O2S/c1-23-11-13-24(14-12-23)17-9-7-16(8-10-17)21-20(27)22-19(25)15-26-18-5-3-2-4-6-18/h2-10H,11-15H2,1H3,(H2,21,22,25,27)/p+1. The van der Waals surface area contributed by atoms with E-state index >= 15 is 0 Å². The number of carbonyl (C=O) groups excluding carboxylic acids is 1. The van der Waals surface area contributed by atoms with Gasteiger partial charge in [0.05, 0.1) is 33.2 Å². The van der Waals surface area contributed by atoms with Crippen molar-refractivity contribution in [2.75, 3.05) is 50.1 Å². The van der Waals surface area contributed by atoms with Crippen molar-refractivity contribution in [3.05, 3.63) is 54.6 Å². The van der Waals surface area contributed by atoms with Crippen molar-refractivity contribution in [1.82, 2.24) is 5.32 Å². The fraction of sp³-hybridized carbons (Fsp3) is 0.300. The van der Waals surface area contributed by atoms with Crippen LogP contribution in [-0.4, -0.2) is 50.9 Å². The van der Waals surface area contributed by atoms with Crippen LogP contribution < -0.4 is 25.2 Å². The Balaban J connectivity index is 1.44. The average molecular weight is 386 g/mol. The maximum atomic E-state index is 11.9. The number of quaternary nitrogens is 1. The number of rotatable bonds is 5. The molecule has 0 saturated carbocycles. The molecule has 1 fully saturated rings. The summed E-state index contributed by atoms with van der Waals surface area (Å²) in [6.07, 6.45) is 0. The molecule has 142 valence electrons. The third-order valence-corrected chi connectivity index (χ3v) is 4.68. The summed E-state index contributed by atoms with van der Waals surface area (Å²) in [5.74, 6) is 0.348. The van der Waals surface area contributed by atoms with Gasteiger partial charge in [0.1, 0.15) is 5.75 Å². The van der Waals surface area contributed by atoms with Gasteiger partial charge >= 0.3 is 0 Å². The first-order valence-electron chi connectivity index (χ1n) is 9.05. The van der Waals surface area contributed by atoms with Crippen LogP contribution in [0.25, 0.3) is 0 Å². The molecule has 2 aromatic carbocycles. The first-order valence-corrected chi connectivity index (χ1v) is 9.46. The predicted octanol–water partition coefficient (Wildman–Crippen LogP) is 0.913. The summed E-state index contributed by atoms with van der Waals surface area (Å²) in [5.41, 5.74) is 2.05. The van der Waals surface area contributed by atoms with Gasteiger partial charge in [-0.2, -0.15) is 0 Å². The van der Waals surface area contributed by atoms with Gasteiger partial charge in [-0.25, -0.2) is 0 Å². The molecule has 0 unspecified atom stereocenters. The average Bonchev–Trinajstić information content (AvgIpc) is 2.68. The van der Waals surface area contributed by atoms with E-state index in [-0.39, 0.29) is 17.6 Å². The second-order valence-corrected chi connectivity index (χ2v) is 7.00. The number of likely N-dealkylation sites (N-methyl/N-ethyl adjacent to an activating group) is 1.